The average Bonchev–Trinajstić information content (AvgIpc) is 3.41. The van der Waals surface area contributed by atoms with Crippen LogP contribution in [0.1, 0.15) is 48.1 Å². The number of aromatic nitrogens is 3. The number of alkyl halides is 2. The summed E-state index contributed by atoms with van der Waals surface area (Å²) in [6.07, 6.45) is 2.46. The van der Waals surface area contributed by atoms with Gasteiger partial charge in [-0.15, -0.1) is 0 Å². The lowest BCUT2D eigenvalue weighted by Crippen LogP contribution is -2.16. The molecule has 1 aliphatic rings. The number of hydrogen-bond acceptors (Lipinski definition) is 5. The predicted molar refractivity (Wildman–Crippen MR) is 102 cm³/mol. The summed E-state index contributed by atoms with van der Waals surface area (Å²) >= 11 is 0. The summed E-state index contributed by atoms with van der Waals surface area (Å²) in [6.45, 7) is 2.21. The number of rotatable bonds is 7. The minimum absolute atomic E-state index is 0.0327. The fourth-order valence-corrected chi connectivity index (χ4v) is 3.17. The van der Waals surface area contributed by atoms with Gasteiger partial charge in [0.05, 0.1) is 18.9 Å². The minimum Gasteiger partial charge on any atom is -0.491 e. The van der Waals surface area contributed by atoms with E-state index in [1.165, 1.54) is 18.2 Å². The summed E-state index contributed by atoms with van der Waals surface area (Å²) < 4.78 is 33.1. The predicted octanol–water partition coefficient (Wildman–Crippen LogP) is 3.34. The summed E-state index contributed by atoms with van der Waals surface area (Å²) in [5.41, 5.74) is 0.911. The molecule has 9 heteroatoms. The number of hydrogen-bond donors (Lipinski definition) is 2. The highest BCUT2D eigenvalue weighted by molar-refractivity contribution is 6.03. The van der Waals surface area contributed by atoms with Gasteiger partial charge in [0, 0.05) is 23.9 Å². The molecule has 2 N–H and O–H groups in total. The Bertz CT molecular complexity index is 1060. The van der Waals surface area contributed by atoms with E-state index in [0.29, 0.717) is 23.7 Å². The fourth-order valence-electron chi connectivity index (χ4n) is 3.17. The maximum Gasteiger partial charge on any atom is 0.280 e. The smallest absolute Gasteiger partial charge is 0.280 e. The Balaban J connectivity index is 1.67. The molecule has 3 aromatic rings. The molecule has 0 bridgehead atoms. The third-order valence-corrected chi connectivity index (χ3v) is 5.03. The number of nitrogens with zero attached hydrogens (tertiary/aromatic N) is 3. The lowest BCUT2D eigenvalue weighted by atomic mass is 10.1. The molecule has 3 aromatic heterocycles. The lowest BCUT2D eigenvalue weighted by molar-refractivity contribution is 0.101. The van der Waals surface area contributed by atoms with Gasteiger partial charge in [0.15, 0.2) is 0 Å². The van der Waals surface area contributed by atoms with Crippen LogP contribution >= 0.6 is 0 Å². The van der Waals surface area contributed by atoms with Crippen molar-refractivity contribution in [2.75, 3.05) is 18.5 Å². The minimum atomic E-state index is -2.76. The zero-order chi connectivity index (χ0) is 20.6. The second kappa shape index (κ2) is 7.40. The summed E-state index contributed by atoms with van der Waals surface area (Å²) in [6, 6.07) is 5.59. The molecule has 0 unspecified atom stereocenters. The van der Waals surface area contributed by atoms with Crippen LogP contribution in [-0.2, 0) is 5.41 Å². The van der Waals surface area contributed by atoms with Crippen LogP contribution < -0.4 is 10.1 Å². The monoisotopic (exact) mass is 402 g/mol. The van der Waals surface area contributed by atoms with E-state index in [1.54, 1.807) is 16.7 Å². The van der Waals surface area contributed by atoms with Gasteiger partial charge in [0.2, 0.25) is 0 Å². The molecular formula is C20H20F2N4O3. The van der Waals surface area contributed by atoms with E-state index in [1.807, 2.05) is 13.1 Å². The normalized spacial score (nSPS) is 14.9. The molecule has 7 nitrogen and oxygen atoms in total. The van der Waals surface area contributed by atoms with Crippen molar-refractivity contribution in [3.05, 3.63) is 53.7 Å². The number of halogens is 2. The zero-order valence-corrected chi connectivity index (χ0v) is 15.7. The summed E-state index contributed by atoms with van der Waals surface area (Å²) in [7, 11) is 0. The Morgan fingerprint density at radius 3 is 2.79 bits per heavy atom. The highest BCUT2D eigenvalue weighted by Gasteiger charge is 2.45. The van der Waals surface area contributed by atoms with Gasteiger partial charge in [-0.2, -0.15) is 0 Å². The quantitative estimate of drug-likeness (QED) is 0.633. The van der Waals surface area contributed by atoms with Gasteiger partial charge in [-0.1, -0.05) is 6.07 Å². The Kier molecular flexibility index (Phi) is 4.91. The van der Waals surface area contributed by atoms with Crippen molar-refractivity contribution in [3.8, 4) is 5.75 Å². The lowest BCUT2D eigenvalue weighted by Gasteiger charge is -2.12. The van der Waals surface area contributed by atoms with Crippen molar-refractivity contribution in [1.82, 2.24) is 14.4 Å². The van der Waals surface area contributed by atoms with Crippen LogP contribution in [0.4, 0.5) is 14.5 Å². The first-order valence-corrected chi connectivity index (χ1v) is 9.29. The molecule has 0 aromatic carbocycles. The molecule has 0 aliphatic heterocycles. The SMILES string of the molecule is CCOc1cc2nc(C3(CO)CC3)cn2cc1NC(=O)c1cccc(C(F)F)n1. The zero-order valence-electron chi connectivity index (χ0n) is 15.7. The average molecular weight is 402 g/mol. The van der Waals surface area contributed by atoms with Crippen LogP contribution in [0, 0.1) is 0 Å². The van der Waals surface area contributed by atoms with Crippen LogP contribution in [0.25, 0.3) is 5.65 Å². The highest BCUT2D eigenvalue weighted by Crippen LogP contribution is 2.47. The molecule has 0 spiro atoms. The van der Waals surface area contributed by atoms with Crippen LogP contribution in [0.2, 0.25) is 0 Å². The van der Waals surface area contributed by atoms with Crippen molar-refractivity contribution < 1.29 is 23.4 Å². The maximum absolute atomic E-state index is 12.9. The number of carbonyl (C=O) groups is 1. The van der Waals surface area contributed by atoms with Gasteiger partial charge in [-0.05, 0) is 31.9 Å². The molecule has 0 saturated heterocycles. The van der Waals surface area contributed by atoms with Gasteiger partial charge in [-0.3, -0.25) is 4.79 Å². The molecule has 1 aliphatic carbocycles. The van der Waals surface area contributed by atoms with Crippen molar-refractivity contribution in [3.63, 3.8) is 0 Å². The van der Waals surface area contributed by atoms with E-state index in [4.69, 9.17) is 4.74 Å². The molecule has 152 valence electrons. The van der Waals surface area contributed by atoms with Crippen molar-refractivity contribution in [2.45, 2.75) is 31.6 Å². The van der Waals surface area contributed by atoms with Crippen molar-refractivity contribution in [2.24, 2.45) is 0 Å². The van der Waals surface area contributed by atoms with Crippen LogP contribution in [-0.4, -0.2) is 38.6 Å². The van der Waals surface area contributed by atoms with Gasteiger partial charge >= 0.3 is 0 Å². The summed E-state index contributed by atoms with van der Waals surface area (Å²) in [5, 5.41) is 12.3. The molecule has 3 heterocycles. The Morgan fingerprint density at radius 1 is 1.34 bits per heavy atom. The van der Waals surface area contributed by atoms with E-state index < -0.39 is 18.0 Å². The third kappa shape index (κ3) is 3.65. The highest BCUT2D eigenvalue weighted by atomic mass is 19.3. The molecular weight excluding hydrogens is 382 g/mol. The Labute approximate surface area is 165 Å². The molecule has 29 heavy (non-hydrogen) atoms. The number of anilines is 1. The first-order chi connectivity index (χ1) is 14.0. The van der Waals surface area contributed by atoms with E-state index >= 15 is 0 Å². The molecule has 0 radical (unpaired) electrons. The summed E-state index contributed by atoms with van der Waals surface area (Å²) in [4.78, 5) is 20.9. The second-order valence-corrected chi connectivity index (χ2v) is 7.02. The number of pyridine rings is 2. The number of fused-ring (bicyclic) bond motifs is 1. The molecule has 0 atom stereocenters. The van der Waals surface area contributed by atoms with Crippen molar-refractivity contribution >= 4 is 17.2 Å². The molecule has 1 amide bonds. The number of ether oxygens (including phenoxy) is 1. The maximum atomic E-state index is 12.9. The topological polar surface area (TPSA) is 88.8 Å². The second-order valence-electron chi connectivity index (χ2n) is 7.02. The fraction of sp³-hybridized carbons (Fsp3) is 0.350. The van der Waals surface area contributed by atoms with E-state index in [-0.39, 0.29) is 17.7 Å². The number of carbonyl (C=O) groups excluding carboxylic acids is 1. The molecule has 1 saturated carbocycles. The standard InChI is InChI=1S/C20H20F2N4O3/c1-2-29-15-8-17-25-16(20(11-27)6-7-20)10-26(17)9-14(15)24-19(28)13-5-3-4-12(23-13)18(21)22/h3-5,8-10,18,27H,2,6-7,11H2,1H3,(H,24,28). The largest absolute Gasteiger partial charge is 0.491 e. The Hall–Kier alpha value is -3.07. The van der Waals surface area contributed by atoms with Gasteiger partial charge in [0.1, 0.15) is 28.5 Å². The first kappa shape index (κ1) is 19.3. The molecule has 1 fully saturated rings. The van der Waals surface area contributed by atoms with E-state index in [0.717, 1.165) is 18.5 Å². The number of aliphatic hydroxyl groups excluding tert-OH is 1. The number of nitrogens with one attached hydrogen (secondary N) is 1. The van der Waals surface area contributed by atoms with Gasteiger partial charge < -0.3 is 19.6 Å². The van der Waals surface area contributed by atoms with Gasteiger partial charge in [0.25, 0.3) is 12.3 Å². The Morgan fingerprint density at radius 2 is 2.14 bits per heavy atom. The molecule has 4 rings (SSSR count). The number of imidazole rings is 1. The van der Waals surface area contributed by atoms with E-state index in [9.17, 15) is 18.7 Å². The first-order valence-electron chi connectivity index (χ1n) is 9.29. The van der Waals surface area contributed by atoms with Crippen LogP contribution in [0.15, 0.2) is 36.7 Å². The van der Waals surface area contributed by atoms with Gasteiger partial charge in [-0.25, -0.2) is 18.7 Å². The van der Waals surface area contributed by atoms with Crippen molar-refractivity contribution in [1.29, 1.82) is 0 Å². The van der Waals surface area contributed by atoms with E-state index in [2.05, 4.69) is 15.3 Å². The summed E-state index contributed by atoms with van der Waals surface area (Å²) in [5.74, 6) is -0.216. The number of aliphatic hydroxyl groups is 1. The van der Waals surface area contributed by atoms with Crippen LogP contribution in [0.5, 0.6) is 5.75 Å². The number of amides is 1. The third-order valence-electron chi connectivity index (χ3n) is 5.03. The van der Waals surface area contributed by atoms with Crippen LogP contribution in [0.3, 0.4) is 0 Å².